The number of nitrogens with one attached hydrogen (secondary N) is 1. The van der Waals surface area contributed by atoms with Crippen molar-refractivity contribution in [3.8, 4) is 0 Å². The smallest absolute Gasteiger partial charge is 0.211 e. The lowest BCUT2D eigenvalue weighted by molar-refractivity contribution is 0.327. The van der Waals surface area contributed by atoms with Gasteiger partial charge in [-0.2, -0.15) is 0 Å². The van der Waals surface area contributed by atoms with Crippen molar-refractivity contribution in [1.29, 1.82) is 0 Å². The Kier molecular flexibility index (Phi) is 5.63. The van der Waals surface area contributed by atoms with Crippen molar-refractivity contribution in [3.05, 3.63) is 0 Å². The molecule has 0 aromatic rings. The Morgan fingerprint density at radius 1 is 1.36 bits per heavy atom. The second-order valence-electron chi connectivity index (χ2n) is 4.28. The predicted molar refractivity (Wildman–Crippen MR) is 59.5 cm³/mol. The molecule has 0 bridgehead atoms. The van der Waals surface area contributed by atoms with Gasteiger partial charge in [0.2, 0.25) is 10.0 Å². The van der Waals surface area contributed by atoms with Crippen LogP contribution in [0.2, 0.25) is 0 Å². The fourth-order valence-corrected chi connectivity index (χ4v) is 1.89. The summed E-state index contributed by atoms with van der Waals surface area (Å²) in [7, 11) is -3.06. The Bertz CT molecular complexity index is 248. The Hall–Kier alpha value is -0.130. The van der Waals surface area contributed by atoms with Gasteiger partial charge in [-0.3, -0.25) is 0 Å². The van der Waals surface area contributed by atoms with E-state index in [-0.39, 0.29) is 11.2 Å². The van der Waals surface area contributed by atoms with Crippen molar-refractivity contribution in [2.45, 2.75) is 33.6 Å². The molecule has 0 saturated carbocycles. The van der Waals surface area contributed by atoms with E-state index in [1.54, 1.807) is 6.92 Å². The molecule has 0 unspecified atom stereocenters. The third-order valence-corrected chi connectivity index (χ3v) is 3.55. The van der Waals surface area contributed by atoms with Gasteiger partial charge in [0.05, 0.1) is 5.75 Å². The van der Waals surface area contributed by atoms with E-state index in [1.807, 2.05) is 13.8 Å². The molecule has 5 heteroatoms. The van der Waals surface area contributed by atoms with Gasteiger partial charge < -0.3 is 5.73 Å². The molecule has 0 fully saturated rings. The van der Waals surface area contributed by atoms with Crippen LogP contribution in [0.5, 0.6) is 0 Å². The van der Waals surface area contributed by atoms with Crippen LogP contribution in [0.15, 0.2) is 0 Å². The van der Waals surface area contributed by atoms with E-state index in [0.29, 0.717) is 13.1 Å². The van der Waals surface area contributed by atoms with Gasteiger partial charge in [-0.25, -0.2) is 13.1 Å². The average molecular weight is 222 g/mol. The maximum absolute atomic E-state index is 11.2. The van der Waals surface area contributed by atoms with Crippen LogP contribution in [0.25, 0.3) is 0 Å². The Balaban J connectivity index is 3.98. The van der Waals surface area contributed by atoms with Crippen LogP contribution in [-0.4, -0.2) is 27.3 Å². The summed E-state index contributed by atoms with van der Waals surface area (Å²) in [4.78, 5) is 0. The van der Waals surface area contributed by atoms with Gasteiger partial charge in [0.15, 0.2) is 0 Å². The summed E-state index contributed by atoms with van der Waals surface area (Å²) < 4.78 is 25.0. The highest BCUT2D eigenvalue weighted by Crippen LogP contribution is 2.20. The highest BCUT2D eigenvalue weighted by Gasteiger charge is 2.19. The molecular formula is C9H22N2O2S. The Morgan fingerprint density at radius 3 is 2.36 bits per heavy atom. The zero-order valence-corrected chi connectivity index (χ0v) is 10.2. The summed E-state index contributed by atoms with van der Waals surface area (Å²) in [6, 6.07) is 0. The van der Waals surface area contributed by atoms with E-state index >= 15 is 0 Å². The van der Waals surface area contributed by atoms with Crippen molar-refractivity contribution >= 4 is 10.0 Å². The summed E-state index contributed by atoms with van der Waals surface area (Å²) in [6.07, 6.45) is 1.87. The molecule has 0 aliphatic rings. The summed E-state index contributed by atoms with van der Waals surface area (Å²) in [5, 5.41) is 0. The maximum Gasteiger partial charge on any atom is 0.211 e. The second-order valence-corrected chi connectivity index (χ2v) is 6.38. The molecule has 0 aromatic carbocycles. The molecule has 86 valence electrons. The average Bonchev–Trinajstić information content (AvgIpc) is 2.12. The summed E-state index contributed by atoms with van der Waals surface area (Å²) in [5.41, 5.74) is 5.39. The normalized spacial score (nSPS) is 13.1. The molecule has 0 aromatic heterocycles. The third-order valence-electron chi connectivity index (χ3n) is 2.21. The number of nitrogens with two attached hydrogens (primary N) is 1. The molecular weight excluding hydrogens is 200 g/mol. The van der Waals surface area contributed by atoms with Gasteiger partial charge in [0, 0.05) is 6.54 Å². The lowest BCUT2D eigenvalue weighted by atomic mass is 9.88. The number of hydrogen-bond acceptors (Lipinski definition) is 3. The lowest BCUT2D eigenvalue weighted by Crippen LogP contribution is -2.35. The van der Waals surface area contributed by atoms with Crippen molar-refractivity contribution in [3.63, 3.8) is 0 Å². The Morgan fingerprint density at radius 2 is 1.93 bits per heavy atom. The Labute approximate surface area is 87.3 Å². The molecule has 0 rings (SSSR count). The molecule has 0 aliphatic heterocycles. The van der Waals surface area contributed by atoms with Gasteiger partial charge in [0.25, 0.3) is 0 Å². The van der Waals surface area contributed by atoms with E-state index in [9.17, 15) is 8.42 Å². The zero-order valence-electron chi connectivity index (χ0n) is 9.34. The maximum atomic E-state index is 11.2. The SMILES string of the molecule is CCS(=O)(=O)NCC(C)(C)CCCN. The summed E-state index contributed by atoms with van der Waals surface area (Å²) in [6.45, 7) is 6.87. The third kappa shape index (κ3) is 6.34. The van der Waals surface area contributed by atoms with Crippen LogP contribution in [0.4, 0.5) is 0 Å². The van der Waals surface area contributed by atoms with Crippen LogP contribution < -0.4 is 10.5 Å². The molecule has 14 heavy (non-hydrogen) atoms. The first-order valence-electron chi connectivity index (χ1n) is 5.00. The fourth-order valence-electron chi connectivity index (χ4n) is 1.08. The molecule has 4 nitrogen and oxygen atoms in total. The molecule has 0 saturated heterocycles. The van der Waals surface area contributed by atoms with Crippen LogP contribution >= 0.6 is 0 Å². The van der Waals surface area contributed by atoms with E-state index in [2.05, 4.69) is 4.72 Å². The molecule has 0 radical (unpaired) electrons. The molecule has 0 heterocycles. The monoisotopic (exact) mass is 222 g/mol. The lowest BCUT2D eigenvalue weighted by Gasteiger charge is -2.24. The topological polar surface area (TPSA) is 72.2 Å². The summed E-state index contributed by atoms with van der Waals surface area (Å²) >= 11 is 0. The van der Waals surface area contributed by atoms with E-state index in [4.69, 9.17) is 5.73 Å². The summed E-state index contributed by atoms with van der Waals surface area (Å²) in [5.74, 6) is 0.139. The van der Waals surface area contributed by atoms with E-state index in [0.717, 1.165) is 12.8 Å². The zero-order chi connectivity index (χ0) is 11.2. The minimum atomic E-state index is -3.06. The van der Waals surface area contributed by atoms with E-state index < -0.39 is 10.0 Å². The van der Waals surface area contributed by atoms with Gasteiger partial charge in [-0.1, -0.05) is 13.8 Å². The van der Waals surface area contributed by atoms with Crippen molar-refractivity contribution < 1.29 is 8.42 Å². The molecule has 0 atom stereocenters. The molecule has 3 N–H and O–H groups in total. The van der Waals surface area contributed by atoms with Gasteiger partial charge >= 0.3 is 0 Å². The van der Waals surface area contributed by atoms with Gasteiger partial charge in [0.1, 0.15) is 0 Å². The number of rotatable bonds is 7. The first-order valence-corrected chi connectivity index (χ1v) is 6.65. The number of sulfonamides is 1. The highest BCUT2D eigenvalue weighted by molar-refractivity contribution is 7.89. The quantitative estimate of drug-likeness (QED) is 0.665. The van der Waals surface area contributed by atoms with Crippen molar-refractivity contribution in [2.75, 3.05) is 18.8 Å². The first kappa shape index (κ1) is 13.9. The minimum Gasteiger partial charge on any atom is -0.330 e. The largest absolute Gasteiger partial charge is 0.330 e. The standard InChI is InChI=1S/C9H22N2O2S/c1-4-14(12,13)11-8-9(2,3)6-5-7-10/h11H,4-8,10H2,1-3H3. The van der Waals surface area contributed by atoms with Crippen molar-refractivity contribution in [2.24, 2.45) is 11.1 Å². The van der Waals surface area contributed by atoms with Crippen molar-refractivity contribution in [1.82, 2.24) is 4.72 Å². The number of hydrogen-bond donors (Lipinski definition) is 2. The first-order chi connectivity index (χ1) is 6.33. The van der Waals surface area contributed by atoms with Crippen LogP contribution in [-0.2, 0) is 10.0 Å². The molecule has 0 spiro atoms. The molecule has 0 aliphatic carbocycles. The van der Waals surface area contributed by atoms with Crippen LogP contribution in [0.1, 0.15) is 33.6 Å². The molecule has 0 amide bonds. The van der Waals surface area contributed by atoms with Gasteiger partial charge in [-0.05, 0) is 31.7 Å². The van der Waals surface area contributed by atoms with E-state index in [1.165, 1.54) is 0 Å². The second kappa shape index (κ2) is 5.68. The fraction of sp³-hybridized carbons (Fsp3) is 1.00. The minimum absolute atomic E-state index is 0.0123. The highest BCUT2D eigenvalue weighted by atomic mass is 32.2. The predicted octanol–water partition coefficient (Wildman–Crippen LogP) is 0.691. The van der Waals surface area contributed by atoms with Crippen LogP contribution in [0, 0.1) is 5.41 Å². The van der Waals surface area contributed by atoms with Gasteiger partial charge in [-0.15, -0.1) is 0 Å². The van der Waals surface area contributed by atoms with Crippen LogP contribution in [0.3, 0.4) is 0 Å².